The molecule has 5 heteroatoms. The van der Waals surface area contributed by atoms with Gasteiger partial charge in [-0.3, -0.25) is 4.79 Å². The summed E-state index contributed by atoms with van der Waals surface area (Å²) in [6.07, 6.45) is 2.63. The maximum absolute atomic E-state index is 12.5. The lowest BCUT2D eigenvalue weighted by molar-refractivity contribution is -0.133. The van der Waals surface area contributed by atoms with E-state index in [0.717, 1.165) is 17.7 Å². The molecule has 0 saturated heterocycles. The molecule has 0 saturated carbocycles. The molecule has 0 spiro atoms. The van der Waals surface area contributed by atoms with Crippen molar-refractivity contribution in [1.29, 1.82) is 5.26 Å². The summed E-state index contributed by atoms with van der Waals surface area (Å²) >= 11 is 0. The maximum atomic E-state index is 12.5. The van der Waals surface area contributed by atoms with Crippen molar-refractivity contribution < 1.29 is 14.3 Å². The Bertz CT molecular complexity index is 777. The fourth-order valence-electron chi connectivity index (χ4n) is 2.40. The Morgan fingerprint density at radius 1 is 1.11 bits per heavy atom. The van der Waals surface area contributed by atoms with E-state index in [1.54, 1.807) is 35.2 Å². The summed E-state index contributed by atoms with van der Waals surface area (Å²) in [6.45, 7) is 7.24. The number of amides is 1. The summed E-state index contributed by atoms with van der Waals surface area (Å²) in [6, 6.07) is 16.5. The molecule has 0 fully saturated rings. The zero-order valence-electron chi connectivity index (χ0n) is 15.6. The Morgan fingerprint density at radius 3 is 2.30 bits per heavy atom. The second kappa shape index (κ2) is 10.7. The van der Waals surface area contributed by atoms with Crippen LogP contribution in [-0.2, 0) is 11.3 Å². The molecule has 0 heterocycles. The van der Waals surface area contributed by atoms with E-state index in [0.29, 0.717) is 31.0 Å². The van der Waals surface area contributed by atoms with E-state index >= 15 is 0 Å². The second-order valence-electron chi connectivity index (χ2n) is 5.98. The summed E-state index contributed by atoms with van der Waals surface area (Å²) in [5, 5.41) is 8.87. The van der Waals surface area contributed by atoms with Crippen LogP contribution in [-0.4, -0.2) is 30.6 Å². The molecule has 0 radical (unpaired) electrons. The van der Waals surface area contributed by atoms with Crippen molar-refractivity contribution in [2.75, 3.05) is 19.8 Å². The monoisotopic (exact) mass is 364 g/mol. The quantitative estimate of drug-likeness (QED) is 0.599. The van der Waals surface area contributed by atoms with Crippen molar-refractivity contribution in [1.82, 2.24) is 4.90 Å². The van der Waals surface area contributed by atoms with Gasteiger partial charge in [-0.15, -0.1) is 6.58 Å². The van der Waals surface area contributed by atoms with Crippen molar-refractivity contribution >= 4 is 5.91 Å². The van der Waals surface area contributed by atoms with Crippen LogP contribution in [0.3, 0.4) is 0 Å². The first-order valence-corrected chi connectivity index (χ1v) is 8.89. The zero-order chi connectivity index (χ0) is 19.5. The van der Waals surface area contributed by atoms with Crippen molar-refractivity contribution in [2.24, 2.45) is 0 Å². The van der Waals surface area contributed by atoms with E-state index in [4.69, 9.17) is 14.7 Å². The molecule has 27 heavy (non-hydrogen) atoms. The molecule has 0 bridgehead atoms. The highest BCUT2D eigenvalue weighted by atomic mass is 16.5. The van der Waals surface area contributed by atoms with Gasteiger partial charge in [0.1, 0.15) is 11.5 Å². The first-order valence-electron chi connectivity index (χ1n) is 8.89. The Kier molecular flexibility index (Phi) is 7.92. The minimum Gasteiger partial charge on any atom is -0.494 e. The molecular formula is C22H24N2O3. The molecule has 0 aliphatic rings. The van der Waals surface area contributed by atoms with E-state index in [2.05, 4.69) is 19.6 Å². The molecule has 0 aliphatic heterocycles. The molecule has 5 nitrogen and oxygen atoms in total. The molecule has 0 N–H and O–H groups in total. The van der Waals surface area contributed by atoms with Gasteiger partial charge in [-0.2, -0.15) is 5.26 Å². The molecule has 0 aliphatic carbocycles. The van der Waals surface area contributed by atoms with Crippen LogP contribution in [0.15, 0.2) is 61.2 Å². The van der Waals surface area contributed by atoms with Gasteiger partial charge in [-0.05, 0) is 48.4 Å². The van der Waals surface area contributed by atoms with Crippen LogP contribution in [0.1, 0.15) is 24.5 Å². The summed E-state index contributed by atoms with van der Waals surface area (Å²) in [4.78, 5) is 14.2. The number of benzene rings is 2. The average molecular weight is 364 g/mol. The van der Waals surface area contributed by atoms with Crippen molar-refractivity contribution in [2.45, 2.75) is 19.9 Å². The minimum atomic E-state index is -0.134. The molecule has 2 rings (SSSR count). The van der Waals surface area contributed by atoms with Gasteiger partial charge in [0.15, 0.2) is 6.61 Å². The summed E-state index contributed by atoms with van der Waals surface area (Å²) < 4.78 is 11.1. The van der Waals surface area contributed by atoms with Crippen molar-refractivity contribution in [3.63, 3.8) is 0 Å². The number of hydrogen-bond acceptors (Lipinski definition) is 4. The fraction of sp³-hybridized carbons (Fsp3) is 0.273. The third-order valence-corrected chi connectivity index (χ3v) is 3.82. The lowest BCUT2D eigenvalue weighted by Gasteiger charge is -2.21. The number of carbonyl (C=O) groups is 1. The van der Waals surface area contributed by atoms with Gasteiger partial charge in [-0.1, -0.05) is 25.1 Å². The predicted molar refractivity (Wildman–Crippen MR) is 104 cm³/mol. The van der Waals surface area contributed by atoms with Gasteiger partial charge in [0.2, 0.25) is 0 Å². The number of carbonyl (C=O) groups excluding carboxylic acids is 1. The van der Waals surface area contributed by atoms with Crippen LogP contribution in [0.5, 0.6) is 11.5 Å². The highest BCUT2D eigenvalue weighted by Gasteiger charge is 2.13. The Balaban J connectivity index is 1.91. The van der Waals surface area contributed by atoms with Crippen LogP contribution in [0.4, 0.5) is 0 Å². The number of ether oxygens (including phenoxy) is 2. The predicted octanol–water partition coefficient (Wildman–Crippen LogP) is 3.94. The van der Waals surface area contributed by atoms with Crippen LogP contribution in [0, 0.1) is 11.3 Å². The fourth-order valence-corrected chi connectivity index (χ4v) is 2.40. The van der Waals surface area contributed by atoms with Crippen molar-refractivity contribution in [3.8, 4) is 17.6 Å². The van der Waals surface area contributed by atoms with Gasteiger partial charge in [0.25, 0.3) is 5.91 Å². The summed E-state index contributed by atoms with van der Waals surface area (Å²) in [5.41, 5.74) is 1.54. The number of rotatable bonds is 10. The van der Waals surface area contributed by atoms with E-state index in [9.17, 15) is 4.79 Å². The topological polar surface area (TPSA) is 62.6 Å². The largest absolute Gasteiger partial charge is 0.494 e. The third-order valence-electron chi connectivity index (χ3n) is 3.82. The Morgan fingerprint density at radius 2 is 1.74 bits per heavy atom. The molecular weight excluding hydrogens is 340 g/mol. The van der Waals surface area contributed by atoms with Crippen LogP contribution < -0.4 is 9.47 Å². The van der Waals surface area contributed by atoms with Crippen LogP contribution in [0.2, 0.25) is 0 Å². The Hall–Kier alpha value is -3.26. The first kappa shape index (κ1) is 20.1. The first-order chi connectivity index (χ1) is 13.2. The van der Waals surface area contributed by atoms with Gasteiger partial charge < -0.3 is 14.4 Å². The van der Waals surface area contributed by atoms with E-state index in [-0.39, 0.29) is 12.5 Å². The normalized spacial score (nSPS) is 9.93. The number of hydrogen-bond donors (Lipinski definition) is 0. The van der Waals surface area contributed by atoms with Gasteiger partial charge in [0, 0.05) is 13.1 Å². The Labute approximate surface area is 160 Å². The molecule has 1 amide bonds. The smallest absolute Gasteiger partial charge is 0.261 e. The summed E-state index contributed by atoms with van der Waals surface area (Å²) in [7, 11) is 0. The summed E-state index contributed by atoms with van der Waals surface area (Å²) in [5.74, 6) is 1.26. The molecule has 2 aromatic rings. The molecule has 2 aromatic carbocycles. The van der Waals surface area contributed by atoms with Gasteiger partial charge >= 0.3 is 0 Å². The standard InChI is InChI=1S/C22H24N2O3/c1-3-13-24(16-19-7-5-18(15-23)6-8-19)22(25)17-27-21-11-9-20(10-12-21)26-14-4-2/h3,5-12H,1,4,13-14,16-17H2,2H3. The molecule has 140 valence electrons. The van der Waals surface area contributed by atoms with E-state index < -0.39 is 0 Å². The highest BCUT2D eigenvalue weighted by molar-refractivity contribution is 5.78. The van der Waals surface area contributed by atoms with Crippen molar-refractivity contribution in [3.05, 3.63) is 72.3 Å². The van der Waals surface area contributed by atoms with Crippen LogP contribution >= 0.6 is 0 Å². The van der Waals surface area contributed by atoms with Gasteiger partial charge in [-0.25, -0.2) is 0 Å². The molecule has 0 unspecified atom stereocenters. The second-order valence-corrected chi connectivity index (χ2v) is 5.98. The van der Waals surface area contributed by atoms with E-state index in [1.165, 1.54) is 0 Å². The van der Waals surface area contributed by atoms with Crippen LogP contribution in [0.25, 0.3) is 0 Å². The lowest BCUT2D eigenvalue weighted by atomic mass is 10.1. The maximum Gasteiger partial charge on any atom is 0.261 e. The highest BCUT2D eigenvalue weighted by Crippen LogP contribution is 2.18. The third kappa shape index (κ3) is 6.52. The lowest BCUT2D eigenvalue weighted by Crippen LogP contribution is -2.34. The van der Waals surface area contributed by atoms with Gasteiger partial charge in [0.05, 0.1) is 18.2 Å². The minimum absolute atomic E-state index is 0.0563. The zero-order valence-corrected chi connectivity index (χ0v) is 15.6. The average Bonchev–Trinajstić information content (AvgIpc) is 2.71. The SMILES string of the molecule is C=CCN(Cc1ccc(C#N)cc1)C(=O)COc1ccc(OCCC)cc1. The van der Waals surface area contributed by atoms with E-state index in [1.807, 2.05) is 24.3 Å². The number of nitriles is 1. The molecule has 0 aromatic heterocycles. The number of nitrogens with zero attached hydrogens (tertiary/aromatic N) is 2. The molecule has 0 atom stereocenters.